The number of halogens is 2. The summed E-state index contributed by atoms with van der Waals surface area (Å²) in [7, 11) is 0. The van der Waals surface area contributed by atoms with Gasteiger partial charge >= 0.3 is 12.1 Å². The number of esters is 1. The SMILES string of the molecule is C[C@@H](OC(=O)c1ccc(NC(=O)OC(C)(C)C)cc1)C(=O)Nc1c(F)cccc1F. The second-order valence-electron chi connectivity index (χ2n) is 7.34. The van der Waals surface area contributed by atoms with Crippen LogP contribution in [-0.2, 0) is 14.3 Å². The molecule has 0 saturated carbocycles. The molecule has 1 atom stereocenters. The van der Waals surface area contributed by atoms with Crippen LogP contribution >= 0.6 is 0 Å². The first kappa shape index (κ1) is 22.8. The molecule has 0 aliphatic rings. The van der Waals surface area contributed by atoms with Gasteiger partial charge in [0.2, 0.25) is 0 Å². The third-order valence-corrected chi connectivity index (χ3v) is 3.63. The summed E-state index contributed by atoms with van der Waals surface area (Å²) in [6.45, 7) is 6.45. The van der Waals surface area contributed by atoms with E-state index in [4.69, 9.17) is 9.47 Å². The van der Waals surface area contributed by atoms with Crippen molar-refractivity contribution in [1.29, 1.82) is 0 Å². The number of benzene rings is 2. The van der Waals surface area contributed by atoms with Crippen LogP contribution in [0.3, 0.4) is 0 Å². The van der Waals surface area contributed by atoms with E-state index in [1.807, 2.05) is 0 Å². The number of hydrogen-bond acceptors (Lipinski definition) is 5. The quantitative estimate of drug-likeness (QED) is 0.695. The molecule has 2 rings (SSSR count). The van der Waals surface area contributed by atoms with Crippen LogP contribution in [0, 0.1) is 11.6 Å². The van der Waals surface area contributed by atoms with Gasteiger partial charge in [-0.1, -0.05) is 6.07 Å². The Morgan fingerprint density at radius 2 is 1.50 bits per heavy atom. The number of ether oxygens (including phenoxy) is 2. The molecule has 0 unspecified atom stereocenters. The lowest BCUT2D eigenvalue weighted by atomic mass is 10.2. The Bertz CT molecular complexity index is 919. The van der Waals surface area contributed by atoms with Crippen LogP contribution in [0.2, 0.25) is 0 Å². The second kappa shape index (κ2) is 9.34. The highest BCUT2D eigenvalue weighted by Gasteiger charge is 2.22. The lowest BCUT2D eigenvalue weighted by Gasteiger charge is -2.19. The zero-order chi connectivity index (χ0) is 22.5. The normalized spacial score (nSPS) is 11.9. The van der Waals surface area contributed by atoms with Crippen LogP contribution in [0.1, 0.15) is 38.1 Å². The molecule has 2 N–H and O–H groups in total. The van der Waals surface area contributed by atoms with E-state index in [9.17, 15) is 23.2 Å². The lowest BCUT2D eigenvalue weighted by Crippen LogP contribution is -2.30. The fourth-order valence-electron chi connectivity index (χ4n) is 2.24. The van der Waals surface area contributed by atoms with Gasteiger partial charge in [-0.25, -0.2) is 18.4 Å². The highest BCUT2D eigenvalue weighted by atomic mass is 19.1. The molecule has 0 bridgehead atoms. The van der Waals surface area contributed by atoms with Crippen molar-refractivity contribution < 1.29 is 32.6 Å². The second-order valence-corrected chi connectivity index (χ2v) is 7.34. The van der Waals surface area contributed by atoms with Crippen molar-refractivity contribution in [3.63, 3.8) is 0 Å². The molecule has 0 fully saturated rings. The minimum atomic E-state index is -1.31. The van der Waals surface area contributed by atoms with Gasteiger partial charge in [0.15, 0.2) is 6.10 Å². The Labute approximate surface area is 172 Å². The first-order chi connectivity index (χ1) is 14.0. The molecule has 30 heavy (non-hydrogen) atoms. The zero-order valence-corrected chi connectivity index (χ0v) is 16.9. The molecule has 0 saturated heterocycles. The minimum absolute atomic E-state index is 0.112. The van der Waals surface area contributed by atoms with E-state index >= 15 is 0 Å². The van der Waals surface area contributed by atoms with Gasteiger partial charge in [-0.2, -0.15) is 0 Å². The van der Waals surface area contributed by atoms with E-state index in [1.54, 1.807) is 20.8 Å². The van der Waals surface area contributed by atoms with Crippen molar-refractivity contribution in [2.45, 2.75) is 39.4 Å². The van der Waals surface area contributed by atoms with Crippen molar-refractivity contribution in [1.82, 2.24) is 0 Å². The van der Waals surface area contributed by atoms with E-state index in [0.717, 1.165) is 18.2 Å². The highest BCUT2D eigenvalue weighted by molar-refractivity contribution is 5.97. The van der Waals surface area contributed by atoms with E-state index in [-0.39, 0.29) is 5.56 Å². The average molecular weight is 420 g/mol. The van der Waals surface area contributed by atoms with Gasteiger partial charge in [0, 0.05) is 5.69 Å². The fraction of sp³-hybridized carbons (Fsp3) is 0.286. The van der Waals surface area contributed by atoms with E-state index in [0.29, 0.717) is 5.69 Å². The topological polar surface area (TPSA) is 93.7 Å². The number of amides is 2. The molecular weight excluding hydrogens is 398 g/mol. The third kappa shape index (κ3) is 6.54. The molecule has 0 aliphatic carbocycles. The number of para-hydroxylation sites is 1. The molecule has 160 valence electrons. The molecule has 2 aromatic carbocycles. The lowest BCUT2D eigenvalue weighted by molar-refractivity contribution is -0.123. The van der Waals surface area contributed by atoms with Gasteiger partial charge in [0.25, 0.3) is 5.91 Å². The molecule has 0 aromatic heterocycles. The summed E-state index contributed by atoms with van der Waals surface area (Å²) < 4.78 is 37.4. The summed E-state index contributed by atoms with van der Waals surface area (Å²) in [6.07, 6.45) is -1.96. The predicted octanol–water partition coefficient (Wildman–Crippen LogP) is 4.50. The summed E-state index contributed by atoms with van der Waals surface area (Å²) in [6, 6.07) is 8.82. The monoisotopic (exact) mass is 420 g/mol. The van der Waals surface area contributed by atoms with Gasteiger partial charge in [-0.15, -0.1) is 0 Å². The zero-order valence-electron chi connectivity index (χ0n) is 16.9. The summed E-state index contributed by atoms with van der Waals surface area (Å²) >= 11 is 0. The van der Waals surface area contributed by atoms with Crippen molar-refractivity contribution >= 4 is 29.3 Å². The maximum absolute atomic E-state index is 13.6. The van der Waals surface area contributed by atoms with Crippen LogP contribution in [0.4, 0.5) is 25.0 Å². The maximum atomic E-state index is 13.6. The van der Waals surface area contributed by atoms with Crippen molar-refractivity contribution in [2.24, 2.45) is 0 Å². The van der Waals surface area contributed by atoms with E-state index in [1.165, 1.54) is 31.2 Å². The standard InChI is InChI=1S/C21H22F2N2O5/c1-12(18(26)25-17-15(22)6-5-7-16(17)23)29-19(27)13-8-10-14(11-9-13)24-20(28)30-21(2,3)4/h5-12H,1-4H3,(H,24,28)(H,25,26)/t12-/m1/s1. The summed E-state index contributed by atoms with van der Waals surface area (Å²) in [5.41, 5.74) is -0.776. The molecule has 2 amide bonds. The summed E-state index contributed by atoms with van der Waals surface area (Å²) in [5.74, 6) is -3.61. The van der Waals surface area contributed by atoms with Crippen LogP contribution in [0.25, 0.3) is 0 Å². The molecule has 0 heterocycles. The first-order valence-corrected chi connectivity index (χ1v) is 9.02. The Morgan fingerprint density at radius 3 is 2.03 bits per heavy atom. The molecule has 7 nitrogen and oxygen atoms in total. The Morgan fingerprint density at radius 1 is 0.933 bits per heavy atom. The van der Waals surface area contributed by atoms with Crippen molar-refractivity contribution in [3.05, 3.63) is 59.7 Å². The van der Waals surface area contributed by atoms with Crippen LogP contribution in [-0.4, -0.2) is 29.7 Å². The fourth-order valence-corrected chi connectivity index (χ4v) is 2.24. The van der Waals surface area contributed by atoms with Gasteiger partial charge in [0.1, 0.15) is 22.9 Å². The van der Waals surface area contributed by atoms with Gasteiger partial charge in [0.05, 0.1) is 5.56 Å². The molecule has 0 spiro atoms. The van der Waals surface area contributed by atoms with Crippen LogP contribution in [0.5, 0.6) is 0 Å². The molecule has 2 aromatic rings. The Balaban J connectivity index is 1.95. The molecule has 0 aliphatic heterocycles. The number of carbonyl (C=O) groups is 3. The minimum Gasteiger partial charge on any atom is -0.449 e. The average Bonchev–Trinajstić information content (AvgIpc) is 2.63. The van der Waals surface area contributed by atoms with Crippen molar-refractivity contribution in [2.75, 3.05) is 10.6 Å². The van der Waals surface area contributed by atoms with Gasteiger partial charge in [-0.3, -0.25) is 10.1 Å². The third-order valence-electron chi connectivity index (χ3n) is 3.63. The van der Waals surface area contributed by atoms with E-state index in [2.05, 4.69) is 10.6 Å². The molecule has 9 heteroatoms. The van der Waals surface area contributed by atoms with Crippen LogP contribution in [0.15, 0.2) is 42.5 Å². The Kier molecular flexibility index (Phi) is 7.10. The van der Waals surface area contributed by atoms with Gasteiger partial charge < -0.3 is 14.8 Å². The van der Waals surface area contributed by atoms with Gasteiger partial charge in [-0.05, 0) is 64.1 Å². The summed E-state index contributed by atoms with van der Waals surface area (Å²) in [4.78, 5) is 36.0. The maximum Gasteiger partial charge on any atom is 0.412 e. The molecule has 0 radical (unpaired) electrons. The number of carbonyl (C=O) groups excluding carboxylic acids is 3. The number of nitrogens with one attached hydrogen (secondary N) is 2. The smallest absolute Gasteiger partial charge is 0.412 e. The van der Waals surface area contributed by atoms with Crippen LogP contribution < -0.4 is 10.6 Å². The first-order valence-electron chi connectivity index (χ1n) is 9.02. The predicted molar refractivity (Wildman–Crippen MR) is 106 cm³/mol. The number of rotatable bonds is 5. The number of hydrogen-bond donors (Lipinski definition) is 2. The Hall–Kier alpha value is -3.49. The summed E-state index contributed by atoms with van der Waals surface area (Å²) in [5, 5.41) is 4.57. The largest absolute Gasteiger partial charge is 0.449 e. The molecular formula is C21H22F2N2O5. The highest BCUT2D eigenvalue weighted by Crippen LogP contribution is 2.19. The van der Waals surface area contributed by atoms with E-state index < -0.39 is 47.0 Å². The van der Waals surface area contributed by atoms with Crippen molar-refractivity contribution in [3.8, 4) is 0 Å². The number of anilines is 2.